The summed E-state index contributed by atoms with van der Waals surface area (Å²) in [6.07, 6.45) is 1.85. The Bertz CT molecular complexity index is 1070. The summed E-state index contributed by atoms with van der Waals surface area (Å²) in [5, 5.41) is 2.84. The lowest BCUT2D eigenvalue weighted by Crippen LogP contribution is -2.34. The molecular weight excluding hydrogens is 440 g/mol. The number of rotatable bonds is 7. The molecule has 2 saturated heterocycles. The lowest BCUT2D eigenvalue weighted by Gasteiger charge is -2.20. The first-order valence-electron chi connectivity index (χ1n) is 11.5. The van der Waals surface area contributed by atoms with Gasteiger partial charge in [0.2, 0.25) is 11.8 Å². The fraction of sp³-hybridized carbons (Fsp3) is 0.440. The predicted molar refractivity (Wildman–Crippen MR) is 123 cm³/mol. The van der Waals surface area contributed by atoms with Crippen molar-refractivity contribution < 1.29 is 33.3 Å². The molecule has 3 aliphatic heterocycles. The van der Waals surface area contributed by atoms with Crippen LogP contribution in [0.15, 0.2) is 36.4 Å². The second-order valence-corrected chi connectivity index (χ2v) is 8.55. The van der Waals surface area contributed by atoms with Crippen LogP contribution in [0, 0.1) is 0 Å². The highest BCUT2D eigenvalue weighted by Gasteiger charge is 2.32. The number of ether oxygens (including phenoxy) is 5. The van der Waals surface area contributed by atoms with Crippen molar-refractivity contribution >= 4 is 17.5 Å². The van der Waals surface area contributed by atoms with Crippen LogP contribution in [-0.4, -0.2) is 63.0 Å². The number of likely N-dealkylation sites (tertiary alicyclic amines) is 1. The van der Waals surface area contributed by atoms with Crippen LogP contribution in [0.4, 0.5) is 5.69 Å². The number of methoxy groups -OCH3 is 1. The standard InChI is InChI=1S/C25H28N2O7/c1-30-19-6-4-16(11-22(19)34-25-3-2-8-33-25)17-12-24(29)27(14-17)15-23(28)26-18-5-7-20-21(13-18)32-10-9-31-20/h4-7,11,13,17,25H,2-3,8-10,12,14-15H2,1H3,(H,26,28)/t17-,25?/m1/s1. The Morgan fingerprint density at radius 2 is 1.94 bits per heavy atom. The van der Waals surface area contributed by atoms with Crippen molar-refractivity contribution in [2.45, 2.75) is 31.5 Å². The Balaban J connectivity index is 1.21. The lowest BCUT2D eigenvalue weighted by atomic mass is 9.98. The van der Waals surface area contributed by atoms with E-state index in [1.54, 1.807) is 30.2 Å². The molecule has 9 nitrogen and oxygen atoms in total. The van der Waals surface area contributed by atoms with Crippen molar-refractivity contribution in [3.63, 3.8) is 0 Å². The molecule has 1 unspecified atom stereocenters. The summed E-state index contributed by atoms with van der Waals surface area (Å²) in [5.41, 5.74) is 1.57. The van der Waals surface area contributed by atoms with Gasteiger partial charge in [0.05, 0.1) is 20.3 Å². The van der Waals surface area contributed by atoms with Crippen molar-refractivity contribution in [2.75, 3.05) is 45.3 Å². The SMILES string of the molecule is COc1ccc([C@@H]2CC(=O)N(CC(=O)Nc3ccc4c(c3)OCCO4)C2)cc1OC1CCCO1. The minimum absolute atomic E-state index is 0.0147. The number of fused-ring (bicyclic) bond motifs is 1. The Morgan fingerprint density at radius 3 is 2.74 bits per heavy atom. The zero-order valence-corrected chi connectivity index (χ0v) is 19.1. The molecule has 34 heavy (non-hydrogen) atoms. The second kappa shape index (κ2) is 9.80. The third kappa shape index (κ3) is 4.89. The molecule has 9 heteroatoms. The van der Waals surface area contributed by atoms with Crippen LogP contribution in [0.1, 0.15) is 30.7 Å². The van der Waals surface area contributed by atoms with E-state index in [9.17, 15) is 9.59 Å². The minimum atomic E-state index is -0.282. The number of nitrogens with zero attached hydrogens (tertiary/aromatic N) is 1. The summed E-state index contributed by atoms with van der Waals surface area (Å²) in [7, 11) is 1.60. The van der Waals surface area contributed by atoms with Gasteiger partial charge in [0.1, 0.15) is 13.2 Å². The first kappa shape index (κ1) is 22.3. The molecule has 0 radical (unpaired) electrons. The maximum atomic E-state index is 12.7. The molecule has 2 atom stereocenters. The molecule has 2 aromatic carbocycles. The molecule has 0 bridgehead atoms. The fourth-order valence-electron chi connectivity index (χ4n) is 4.47. The monoisotopic (exact) mass is 468 g/mol. The van der Waals surface area contributed by atoms with Gasteiger partial charge in [-0.3, -0.25) is 9.59 Å². The quantitative estimate of drug-likeness (QED) is 0.668. The van der Waals surface area contributed by atoms with Crippen molar-refractivity contribution in [1.82, 2.24) is 4.90 Å². The largest absolute Gasteiger partial charge is 0.493 e. The molecule has 180 valence electrons. The van der Waals surface area contributed by atoms with E-state index in [1.165, 1.54) is 0 Å². The van der Waals surface area contributed by atoms with Crippen LogP contribution in [0.3, 0.4) is 0 Å². The molecule has 3 heterocycles. The Labute approximate surface area is 197 Å². The average Bonchev–Trinajstić information content (AvgIpc) is 3.48. The fourth-order valence-corrected chi connectivity index (χ4v) is 4.47. The second-order valence-electron chi connectivity index (χ2n) is 8.55. The molecule has 5 rings (SSSR count). The van der Waals surface area contributed by atoms with E-state index in [2.05, 4.69) is 5.32 Å². The highest BCUT2D eigenvalue weighted by Crippen LogP contribution is 2.36. The Kier molecular flexibility index (Phi) is 6.44. The van der Waals surface area contributed by atoms with Gasteiger partial charge in [-0.2, -0.15) is 0 Å². The third-order valence-corrected chi connectivity index (χ3v) is 6.18. The van der Waals surface area contributed by atoms with E-state index in [-0.39, 0.29) is 30.6 Å². The van der Waals surface area contributed by atoms with E-state index in [1.807, 2.05) is 18.2 Å². The number of anilines is 1. The van der Waals surface area contributed by atoms with Gasteiger partial charge in [0.25, 0.3) is 0 Å². The first-order valence-corrected chi connectivity index (χ1v) is 11.5. The van der Waals surface area contributed by atoms with E-state index in [0.29, 0.717) is 61.5 Å². The van der Waals surface area contributed by atoms with Gasteiger partial charge in [-0.1, -0.05) is 6.07 Å². The topological polar surface area (TPSA) is 95.6 Å². The van der Waals surface area contributed by atoms with Crippen LogP contribution in [0.2, 0.25) is 0 Å². The molecular formula is C25H28N2O7. The average molecular weight is 469 g/mol. The van der Waals surface area contributed by atoms with E-state index in [0.717, 1.165) is 18.4 Å². The Hall–Kier alpha value is -3.46. The van der Waals surface area contributed by atoms with Crippen molar-refractivity contribution in [3.8, 4) is 23.0 Å². The van der Waals surface area contributed by atoms with Crippen LogP contribution in [0.5, 0.6) is 23.0 Å². The van der Waals surface area contributed by atoms with Gasteiger partial charge in [-0.15, -0.1) is 0 Å². The molecule has 2 aromatic rings. The molecule has 0 aromatic heterocycles. The summed E-state index contributed by atoms with van der Waals surface area (Å²) >= 11 is 0. The number of carbonyl (C=O) groups excluding carboxylic acids is 2. The number of carbonyl (C=O) groups is 2. The van der Waals surface area contributed by atoms with Crippen molar-refractivity contribution in [3.05, 3.63) is 42.0 Å². The summed E-state index contributed by atoms with van der Waals surface area (Å²) in [5.74, 6) is 2.13. The third-order valence-electron chi connectivity index (χ3n) is 6.18. The van der Waals surface area contributed by atoms with Crippen LogP contribution >= 0.6 is 0 Å². The summed E-state index contributed by atoms with van der Waals surface area (Å²) in [6.45, 7) is 2.11. The molecule has 3 aliphatic rings. The van der Waals surface area contributed by atoms with Crippen LogP contribution in [0.25, 0.3) is 0 Å². The normalized spacial score (nSPS) is 21.4. The van der Waals surface area contributed by atoms with Gasteiger partial charge in [-0.25, -0.2) is 0 Å². The summed E-state index contributed by atoms with van der Waals surface area (Å²) in [6, 6.07) is 11.0. The minimum Gasteiger partial charge on any atom is -0.493 e. The van der Waals surface area contributed by atoms with Crippen molar-refractivity contribution in [2.24, 2.45) is 0 Å². The molecule has 1 N–H and O–H groups in total. The number of hydrogen-bond acceptors (Lipinski definition) is 7. The molecule has 0 saturated carbocycles. The van der Waals surface area contributed by atoms with Gasteiger partial charge in [0.15, 0.2) is 29.3 Å². The van der Waals surface area contributed by atoms with Gasteiger partial charge in [-0.05, 0) is 36.2 Å². The molecule has 0 aliphatic carbocycles. The maximum absolute atomic E-state index is 12.7. The molecule has 2 fully saturated rings. The highest BCUT2D eigenvalue weighted by molar-refractivity contribution is 5.95. The van der Waals surface area contributed by atoms with Crippen LogP contribution < -0.4 is 24.3 Å². The van der Waals surface area contributed by atoms with E-state index in [4.69, 9.17) is 23.7 Å². The van der Waals surface area contributed by atoms with Gasteiger partial charge < -0.3 is 33.9 Å². The van der Waals surface area contributed by atoms with Crippen molar-refractivity contribution in [1.29, 1.82) is 0 Å². The summed E-state index contributed by atoms with van der Waals surface area (Å²) < 4.78 is 28.1. The lowest BCUT2D eigenvalue weighted by molar-refractivity contribution is -0.131. The smallest absolute Gasteiger partial charge is 0.243 e. The van der Waals surface area contributed by atoms with E-state index < -0.39 is 0 Å². The zero-order valence-electron chi connectivity index (χ0n) is 19.1. The predicted octanol–water partition coefficient (Wildman–Crippen LogP) is 2.94. The van der Waals surface area contributed by atoms with Gasteiger partial charge >= 0.3 is 0 Å². The van der Waals surface area contributed by atoms with E-state index >= 15 is 0 Å². The number of benzene rings is 2. The number of amides is 2. The molecule has 2 amide bonds. The zero-order chi connectivity index (χ0) is 23.5. The maximum Gasteiger partial charge on any atom is 0.243 e. The summed E-state index contributed by atoms with van der Waals surface area (Å²) in [4.78, 5) is 26.9. The Morgan fingerprint density at radius 1 is 1.09 bits per heavy atom. The molecule has 0 spiro atoms. The number of nitrogens with one attached hydrogen (secondary N) is 1. The highest BCUT2D eigenvalue weighted by atomic mass is 16.7. The van der Waals surface area contributed by atoms with Gasteiger partial charge in [0, 0.05) is 37.1 Å². The first-order chi connectivity index (χ1) is 16.6. The van der Waals surface area contributed by atoms with Crippen LogP contribution in [-0.2, 0) is 14.3 Å². The number of hydrogen-bond donors (Lipinski definition) is 1.